The van der Waals surface area contributed by atoms with Gasteiger partial charge in [0.1, 0.15) is 4.70 Å². The van der Waals surface area contributed by atoms with Crippen LogP contribution in [0.1, 0.15) is 19.9 Å². The van der Waals surface area contributed by atoms with Crippen LogP contribution >= 0.6 is 11.3 Å². The SMILES string of the molecule is COc1nc2ccsc2c(=O)n1C(C)C. The molecule has 2 heterocycles. The fourth-order valence-electron chi connectivity index (χ4n) is 1.50. The summed E-state index contributed by atoms with van der Waals surface area (Å²) in [6.45, 7) is 3.87. The number of rotatable bonds is 2. The highest BCUT2D eigenvalue weighted by atomic mass is 32.1. The van der Waals surface area contributed by atoms with Crippen LogP contribution in [0, 0.1) is 0 Å². The van der Waals surface area contributed by atoms with Gasteiger partial charge in [0.25, 0.3) is 11.6 Å². The van der Waals surface area contributed by atoms with E-state index in [1.807, 2.05) is 25.3 Å². The van der Waals surface area contributed by atoms with E-state index >= 15 is 0 Å². The van der Waals surface area contributed by atoms with Crippen LogP contribution in [0.2, 0.25) is 0 Å². The van der Waals surface area contributed by atoms with E-state index in [0.717, 1.165) is 0 Å². The van der Waals surface area contributed by atoms with Crippen LogP contribution in [0.15, 0.2) is 16.2 Å². The summed E-state index contributed by atoms with van der Waals surface area (Å²) in [5.74, 6) is 0. The molecular formula is C10H12N2O2S. The molecule has 0 aliphatic rings. The van der Waals surface area contributed by atoms with Gasteiger partial charge in [0.2, 0.25) is 0 Å². The van der Waals surface area contributed by atoms with Crippen LogP contribution < -0.4 is 10.3 Å². The summed E-state index contributed by atoms with van der Waals surface area (Å²) in [5.41, 5.74) is 0.681. The topological polar surface area (TPSA) is 44.1 Å². The van der Waals surface area contributed by atoms with Crippen LogP contribution in [0.5, 0.6) is 6.01 Å². The zero-order valence-corrected chi connectivity index (χ0v) is 9.67. The fourth-order valence-corrected chi connectivity index (χ4v) is 2.27. The third-order valence-electron chi connectivity index (χ3n) is 2.18. The number of hydrogen-bond acceptors (Lipinski definition) is 4. The Balaban J connectivity index is 2.86. The van der Waals surface area contributed by atoms with Crippen LogP contribution in [-0.2, 0) is 0 Å². The number of ether oxygens (including phenoxy) is 1. The Kier molecular flexibility index (Phi) is 2.48. The van der Waals surface area contributed by atoms with Crippen molar-refractivity contribution in [3.05, 3.63) is 21.8 Å². The van der Waals surface area contributed by atoms with Gasteiger partial charge in [0.05, 0.1) is 12.6 Å². The second-order valence-corrected chi connectivity index (χ2v) is 4.42. The number of nitrogens with zero attached hydrogens (tertiary/aromatic N) is 2. The van der Waals surface area contributed by atoms with Crippen molar-refractivity contribution in [1.82, 2.24) is 9.55 Å². The average Bonchev–Trinajstić information content (AvgIpc) is 2.64. The first-order valence-electron chi connectivity index (χ1n) is 4.69. The van der Waals surface area contributed by atoms with Gasteiger partial charge in [0, 0.05) is 6.04 Å². The van der Waals surface area contributed by atoms with E-state index in [1.54, 1.807) is 4.57 Å². The summed E-state index contributed by atoms with van der Waals surface area (Å²) >= 11 is 1.41. The summed E-state index contributed by atoms with van der Waals surface area (Å²) in [5, 5.41) is 1.86. The molecule has 2 rings (SSSR count). The van der Waals surface area contributed by atoms with E-state index < -0.39 is 0 Å². The van der Waals surface area contributed by atoms with E-state index in [2.05, 4.69) is 4.98 Å². The van der Waals surface area contributed by atoms with E-state index in [-0.39, 0.29) is 11.6 Å². The summed E-state index contributed by atoms with van der Waals surface area (Å²) < 4.78 is 7.37. The highest BCUT2D eigenvalue weighted by molar-refractivity contribution is 7.17. The van der Waals surface area contributed by atoms with Crippen molar-refractivity contribution in [1.29, 1.82) is 0 Å². The standard InChI is InChI=1S/C10H12N2O2S/c1-6(2)12-9(13)8-7(4-5-15-8)11-10(12)14-3/h4-6H,1-3H3. The third kappa shape index (κ3) is 1.52. The molecule has 80 valence electrons. The van der Waals surface area contributed by atoms with Crippen molar-refractivity contribution in [2.75, 3.05) is 7.11 Å². The van der Waals surface area contributed by atoms with Crippen molar-refractivity contribution >= 4 is 21.6 Å². The van der Waals surface area contributed by atoms with E-state index in [1.165, 1.54) is 18.4 Å². The van der Waals surface area contributed by atoms with Gasteiger partial charge in [-0.25, -0.2) is 0 Å². The van der Waals surface area contributed by atoms with E-state index in [0.29, 0.717) is 16.2 Å². The molecule has 0 radical (unpaired) electrons. The molecule has 0 aliphatic heterocycles. The Hall–Kier alpha value is -1.36. The van der Waals surface area contributed by atoms with Gasteiger partial charge in [-0.05, 0) is 25.3 Å². The second-order valence-electron chi connectivity index (χ2n) is 3.50. The minimum atomic E-state index is -0.0261. The first-order valence-corrected chi connectivity index (χ1v) is 5.57. The Bertz CT molecular complexity index is 542. The quantitative estimate of drug-likeness (QED) is 0.784. The summed E-state index contributed by atoms with van der Waals surface area (Å²) in [6, 6.07) is 2.25. The number of aromatic nitrogens is 2. The lowest BCUT2D eigenvalue weighted by Gasteiger charge is -2.13. The first kappa shape index (κ1) is 10.2. The van der Waals surface area contributed by atoms with Crippen molar-refractivity contribution in [2.45, 2.75) is 19.9 Å². The molecule has 0 N–H and O–H groups in total. The van der Waals surface area contributed by atoms with Crippen molar-refractivity contribution in [2.24, 2.45) is 0 Å². The summed E-state index contributed by atoms with van der Waals surface area (Å²) in [7, 11) is 1.53. The normalized spacial score (nSPS) is 11.2. The molecule has 0 amide bonds. The van der Waals surface area contributed by atoms with Crippen LogP contribution in [0.4, 0.5) is 0 Å². The Labute approximate surface area is 91.1 Å². The van der Waals surface area contributed by atoms with Crippen molar-refractivity contribution in [3.8, 4) is 6.01 Å². The van der Waals surface area contributed by atoms with Gasteiger partial charge < -0.3 is 4.74 Å². The highest BCUT2D eigenvalue weighted by Gasteiger charge is 2.14. The monoisotopic (exact) mass is 224 g/mol. The van der Waals surface area contributed by atoms with Crippen LogP contribution in [0.3, 0.4) is 0 Å². The number of methoxy groups -OCH3 is 1. The maximum absolute atomic E-state index is 12.1. The largest absolute Gasteiger partial charge is 0.468 e. The second kappa shape index (κ2) is 3.66. The first-order chi connectivity index (χ1) is 7.15. The Morgan fingerprint density at radius 1 is 1.53 bits per heavy atom. The molecule has 0 fully saturated rings. The maximum Gasteiger partial charge on any atom is 0.299 e. The van der Waals surface area contributed by atoms with E-state index in [4.69, 9.17) is 4.74 Å². The minimum Gasteiger partial charge on any atom is -0.468 e. The Morgan fingerprint density at radius 3 is 2.87 bits per heavy atom. The molecule has 0 aliphatic carbocycles. The molecule has 0 unspecified atom stereocenters. The maximum atomic E-state index is 12.1. The summed E-state index contributed by atoms with van der Waals surface area (Å²) in [4.78, 5) is 16.4. The minimum absolute atomic E-state index is 0.0261. The number of fused-ring (bicyclic) bond motifs is 1. The number of thiophene rings is 1. The van der Waals surface area contributed by atoms with Gasteiger partial charge >= 0.3 is 0 Å². The molecule has 0 spiro atoms. The Morgan fingerprint density at radius 2 is 2.27 bits per heavy atom. The molecule has 0 aromatic carbocycles. The molecular weight excluding hydrogens is 212 g/mol. The van der Waals surface area contributed by atoms with Gasteiger partial charge in [0.15, 0.2) is 0 Å². The van der Waals surface area contributed by atoms with Crippen LogP contribution in [-0.4, -0.2) is 16.7 Å². The van der Waals surface area contributed by atoms with Crippen molar-refractivity contribution in [3.63, 3.8) is 0 Å². The molecule has 5 heteroatoms. The zero-order valence-electron chi connectivity index (χ0n) is 8.85. The third-order valence-corrected chi connectivity index (χ3v) is 3.07. The van der Waals surface area contributed by atoms with Crippen LogP contribution in [0.25, 0.3) is 10.2 Å². The molecule has 0 saturated carbocycles. The van der Waals surface area contributed by atoms with Gasteiger partial charge in [-0.15, -0.1) is 11.3 Å². The lowest BCUT2D eigenvalue weighted by atomic mass is 10.3. The molecule has 2 aromatic heterocycles. The lowest BCUT2D eigenvalue weighted by Crippen LogP contribution is -2.23. The smallest absolute Gasteiger partial charge is 0.299 e. The summed E-state index contributed by atoms with van der Waals surface area (Å²) in [6.07, 6.45) is 0. The van der Waals surface area contributed by atoms with Gasteiger partial charge in [-0.2, -0.15) is 4.98 Å². The lowest BCUT2D eigenvalue weighted by molar-refractivity contribution is 0.337. The molecule has 0 bridgehead atoms. The molecule has 4 nitrogen and oxygen atoms in total. The van der Waals surface area contributed by atoms with Gasteiger partial charge in [-0.1, -0.05) is 0 Å². The fraction of sp³-hybridized carbons (Fsp3) is 0.400. The molecule has 15 heavy (non-hydrogen) atoms. The number of hydrogen-bond donors (Lipinski definition) is 0. The predicted molar refractivity (Wildman–Crippen MR) is 60.8 cm³/mol. The molecule has 0 saturated heterocycles. The predicted octanol–water partition coefficient (Wildman–Crippen LogP) is 2.05. The van der Waals surface area contributed by atoms with E-state index in [9.17, 15) is 4.79 Å². The average molecular weight is 224 g/mol. The highest BCUT2D eigenvalue weighted by Crippen LogP contribution is 2.20. The van der Waals surface area contributed by atoms with Gasteiger partial charge in [-0.3, -0.25) is 9.36 Å². The van der Waals surface area contributed by atoms with Crippen molar-refractivity contribution < 1.29 is 4.74 Å². The zero-order chi connectivity index (χ0) is 11.0. The molecule has 2 aromatic rings. The molecule has 0 atom stereocenters.